The topological polar surface area (TPSA) is 33.1 Å². The van der Waals surface area contributed by atoms with Crippen molar-refractivity contribution in [2.45, 2.75) is 39.4 Å². The van der Waals surface area contributed by atoms with Crippen LogP contribution in [0.3, 0.4) is 0 Å². The summed E-state index contributed by atoms with van der Waals surface area (Å²) >= 11 is 12.3. The van der Waals surface area contributed by atoms with E-state index in [-0.39, 0.29) is 12.1 Å². The van der Waals surface area contributed by atoms with Gasteiger partial charge in [0.25, 0.3) is 0 Å². The molecule has 4 aromatic rings. The summed E-state index contributed by atoms with van der Waals surface area (Å²) in [6.07, 6.45) is 1.84. The normalized spacial score (nSPS) is 17.8. The molecule has 0 bridgehead atoms. The Morgan fingerprint density at radius 3 is 2.47 bits per heavy atom. The average Bonchev–Trinajstić information content (AvgIpc) is 3.31. The van der Waals surface area contributed by atoms with Crippen LogP contribution in [0, 0.1) is 20.8 Å². The summed E-state index contributed by atoms with van der Waals surface area (Å²) in [6, 6.07) is 24.8. The Morgan fingerprint density at radius 1 is 0.971 bits per heavy atom. The molecule has 3 heterocycles. The molecule has 172 valence electrons. The van der Waals surface area contributed by atoms with E-state index in [0.29, 0.717) is 0 Å². The van der Waals surface area contributed by atoms with E-state index in [4.69, 9.17) is 23.8 Å². The van der Waals surface area contributed by atoms with Crippen LogP contribution in [0.4, 0.5) is 0 Å². The number of benzene rings is 2. The molecule has 0 radical (unpaired) electrons. The van der Waals surface area contributed by atoms with E-state index < -0.39 is 0 Å². The van der Waals surface area contributed by atoms with Crippen LogP contribution in [0.1, 0.15) is 45.9 Å². The molecule has 1 fully saturated rings. The molecular formula is C28H27ClN4S. The van der Waals surface area contributed by atoms with Gasteiger partial charge in [-0.15, -0.1) is 0 Å². The van der Waals surface area contributed by atoms with Crippen LogP contribution < -0.4 is 5.32 Å². The molecule has 1 aliphatic heterocycles. The Morgan fingerprint density at radius 2 is 1.74 bits per heavy atom. The SMILES string of the molecule is Cc1ccc(Cl)cc1-n1c(C)cc([C@@H]2[C@H](c3ccccn3)NC(=S)N2Cc2ccccc2)c1C. The van der Waals surface area contributed by atoms with Crippen molar-refractivity contribution in [1.82, 2.24) is 19.8 Å². The third-order valence-electron chi connectivity index (χ3n) is 6.59. The van der Waals surface area contributed by atoms with Gasteiger partial charge in [0.1, 0.15) is 0 Å². The highest BCUT2D eigenvalue weighted by molar-refractivity contribution is 7.80. The van der Waals surface area contributed by atoms with E-state index in [1.165, 1.54) is 22.4 Å². The molecule has 2 atom stereocenters. The lowest BCUT2D eigenvalue weighted by Gasteiger charge is -2.28. The molecular weight excluding hydrogens is 460 g/mol. The molecule has 0 amide bonds. The highest BCUT2D eigenvalue weighted by Crippen LogP contribution is 2.42. The number of aromatic nitrogens is 2. The molecule has 0 saturated carbocycles. The minimum Gasteiger partial charge on any atom is -0.352 e. The van der Waals surface area contributed by atoms with Gasteiger partial charge in [-0.3, -0.25) is 4.98 Å². The third kappa shape index (κ3) is 4.10. The minimum atomic E-state index is -0.0492. The third-order valence-corrected chi connectivity index (χ3v) is 7.18. The molecule has 5 rings (SSSR count). The molecule has 1 aliphatic rings. The number of aryl methyl sites for hydroxylation is 2. The zero-order valence-corrected chi connectivity index (χ0v) is 21.1. The maximum absolute atomic E-state index is 6.38. The number of pyridine rings is 1. The van der Waals surface area contributed by atoms with E-state index in [9.17, 15) is 0 Å². The van der Waals surface area contributed by atoms with Crippen molar-refractivity contribution in [3.05, 3.63) is 118 Å². The second-order valence-electron chi connectivity index (χ2n) is 8.83. The summed E-state index contributed by atoms with van der Waals surface area (Å²) in [7, 11) is 0. The smallest absolute Gasteiger partial charge is 0.170 e. The van der Waals surface area contributed by atoms with Crippen molar-refractivity contribution in [1.29, 1.82) is 0 Å². The number of hydrogen-bond acceptors (Lipinski definition) is 2. The van der Waals surface area contributed by atoms with Crippen LogP contribution in [-0.2, 0) is 6.54 Å². The first-order chi connectivity index (χ1) is 16.4. The van der Waals surface area contributed by atoms with Gasteiger partial charge in [-0.2, -0.15) is 0 Å². The molecule has 0 aliphatic carbocycles. The van der Waals surface area contributed by atoms with Crippen molar-refractivity contribution >= 4 is 28.9 Å². The van der Waals surface area contributed by atoms with Crippen LogP contribution in [0.2, 0.25) is 5.02 Å². The maximum atomic E-state index is 6.38. The molecule has 2 aromatic heterocycles. The van der Waals surface area contributed by atoms with E-state index in [0.717, 1.165) is 33.8 Å². The molecule has 1 N–H and O–H groups in total. The Bertz CT molecular complexity index is 1330. The van der Waals surface area contributed by atoms with E-state index in [1.54, 1.807) is 0 Å². The number of rotatable bonds is 5. The molecule has 2 aromatic carbocycles. The van der Waals surface area contributed by atoms with Crippen LogP contribution in [0.25, 0.3) is 5.69 Å². The highest BCUT2D eigenvalue weighted by Gasteiger charge is 2.41. The fourth-order valence-electron chi connectivity index (χ4n) is 4.98. The predicted molar refractivity (Wildman–Crippen MR) is 142 cm³/mol. The van der Waals surface area contributed by atoms with Crippen LogP contribution >= 0.6 is 23.8 Å². The van der Waals surface area contributed by atoms with Gasteiger partial charge in [-0.25, -0.2) is 0 Å². The highest BCUT2D eigenvalue weighted by atomic mass is 35.5. The second-order valence-corrected chi connectivity index (χ2v) is 9.66. The van der Waals surface area contributed by atoms with E-state index in [1.807, 2.05) is 36.5 Å². The van der Waals surface area contributed by atoms with Crippen LogP contribution in [0.5, 0.6) is 0 Å². The minimum absolute atomic E-state index is 0.00189. The lowest BCUT2D eigenvalue weighted by atomic mass is 9.96. The quantitative estimate of drug-likeness (QED) is 0.321. The monoisotopic (exact) mass is 486 g/mol. The van der Waals surface area contributed by atoms with Gasteiger partial charge in [0.15, 0.2) is 5.11 Å². The Balaban J connectivity index is 1.64. The first-order valence-corrected chi connectivity index (χ1v) is 12.2. The standard InChI is InChI=1S/C28H27ClN4S/c1-18-12-13-22(29)16-25(18)33-19(2)15-23(20(33)3)27-26(24-11-7-8-14-30-24)31-28(34)32(27)17-21-9-5-4-6-10-21/h4-16,26-27H,17H2,1-3H3,(H,31,34)/t26-,27+/m0/s1. The molecule has 1 saturated heterocycles. The van der Waals surface area contributed by atoms with Crippen molar-refractivity contribution < 1.29 is 0 Å². The Labute approximate surface area is 211 Å². The Hall–Kier alpha value is -3.15. The fraction of sp³-hybridized carbons (Fsp3) is 0.214. The van der Waals surface area contributed by atoms with Gasteiger partial charge in [0.05, 0.1) is 17.8 Å². The average molecular weight is 487 g/mol. The van der Waals surface area contributed by atoms with Crippen molar-refractivity contribution in [2.75, 3.05) is 0 Å². The van der Waals surface area contributed by atoms with Gasteiger partial charge in [0, 0.05) is 34.8 Å². The van der Waals surface area contributed by atoms with Gasteiger partial charge < -0.3 is 14.8 Å². The molecule has 6 heteroatoms. The maximum Gasteiger partial charge on any atom is 0.170 e. The first kappa shape index (κ1) is 22.6. The molecule has 34 heavy (non-hydrogen) atoms. The van der Waals surface area contributed by atoms with Gasteiger partial charge >= 0.3 is 0 Å². The van der Waals surface area contributed by atoms with Gasteiger partial charge in [0.2, 0.25) is 0 Å². The van der Waals surface area contributed by atoms with E-state index >= 15 is 0 Å². The van der Waals surface area contributed by atoms with Crippen molar-refractivity contribution in [2.24, 2.45) is 0 Å². The first-order valence-electron chi connectivity index (χ1n) is 11.4. The largest absolute Gasteiger partial charge is 0.352 e. The van der Waals surface area contributed by atoms with Gasteiger partial charge in [-0.1, -0.05) is 54.1 Å². The lowest BCUT2D eigenvalue weighted by molar-refractivity contribution is 0.310. The summed E-state index contributed by atoms with van der Waals surface area (Å²) < 4.78 is 2.30. The summed E-state index contributed by atoms with van der Waals surface area (Å²) in [5.41, 5.74) is 8.06. The summed E-state index contributed by atoms with van der Waals surface area (Å²) in [5.74, 6) is 0. The molecule has 0 unspecified atom stereocenters. The zero-order chi connectivity index (χ0) is 23.8. The summed E-state index contributed by atoms with van der Waals surface area (Å²) in [6.45, 7) is 7.17. The van der Waals surface area contributed by atoms with Crippen LogP contribution in [-0.4, -0.2) is 19.6 Å². The molecule has 4 nitrogen and oxygen atoms in total. The zero-order valence-electron chi connectivity index (χ0n) is 19.5. The van der Waals surface area contributed by atoms with Crippen molar-refractivity contribution in [3.63, 3.8) is 0 Å². The summed E-state index contributed by atoms with van der Waals surface area (Å²) in [4.78, 5) is 6.97. The van der Waals surface area contributed by atoms with Gasteiger partial charge in [-0.05, 0) is 80.0 Å². The number of nitrogens with zero attached hydrogens (tertiary/aromatic N) is 3. The number of hydrogen-bond donors (Lipinski definition) is 1. The number of thiocarbonyl (C=S) groups is 1. The number of nitrogens with one attached hydrogen (secondary N) is 1. The number of halogens is 1. The molecule has 0 spiro atoms. The Kier molecular flexibility index (Phi) is 6.15. The predicted octanol–water partition coefficient (Wildman–Crippen LogP) is 6.62. The van der Waals surface area contributed by atoms with Crippen molar-refractivity contribution in [3.8, 4) is 5.69 Å². The lowest BCUT2D eigenvalue weighted by Crippen LogP contribution is -2.29. The fourth-order valence-corrected chi connectivity index (χ4v) is 5.45. The van der Waals surface area contributed by atoms with Crippen LogP contribution in [0.15, 0.2) is 79.0 Å². The van der Waals surface area contributed by atoms with E-state index in [2.05, 4.69) is 83.0 Å². The second kappa shape index (κ2) is 9.24. The summed E-state index contributed by atoms with van der Waals surface area (Å²) in [5, 5.41) is 5.05.